The maximum Gasteiger partial charge on any atom is 0.415 e. The Labute approximate surface area is 161 Å². The van der Waals surface area contributed by atoms with Crippen molar-refractivity contribution in [3.63, 3.8) is 0 Å². The third kappa shape index (κ3) is 5.14. The second-order valence-corrected chi connectivity index (χ2v) is 8.23. The van der Waals surface area contributed by atoms with Crippen molar-refractivity contribution in [3.8, 4) is 0 Å². The van der Waals surface area contributed by atoms with E-state index < -0.39 is 25.5 Å². The van der Waals surface area contributed by atoms with Crippen molar-refractivity contribution < 1.29 is 28.6 Å². The Balaban J connectivity index is 2.23. The van der Waals surface area contributed by atoms with E-state index in [1.54, 1.807) is 32.3 Å². The number of hydrogen-bond donors (Lipinski definition) is 3. The summed E-state index contributed by atoms with van der Waals surface area (Å²) in [5.74, 6) is -0.0222. The number of anilines is 1. The van der Waals surface area contributed by atoms with Gasteiger partial charge in [0.05, 0.1) is 25.1 Å². The molecule has 0 atom stereocenters. The standard InChI is InChI=1S/C14H23ClN5O6P/c1-8(2)25-14(26-9(3)4,27(21,22)23)24-6-5-20-7-17-10-11(15)18-13(16)19-12(10)20/h7-9H,5-6H2,1-4H3,(H2,16,18,19)(H2,21,22,23). The monoisotopic (exact) mass is 423 g/mol. The summed E-state index contributed by atoms with van der Waals surface area (Å²) in [4.78, 5) is 31.6. The van der Waals surface area contributed by atoms with Crippen LogP contribution >= 0.6 is 19.2 Å². The summed E-state index contributed by atoms with van der Waals surface area (Å²) < 4.78 is 29.8. The summed E-state index contributed by atoms with van der Waals surface area (Å²) in [5.41, 5.74) is 3.80. The first kappa shape index (κ1) is 22.0. The molecule has 0 radical (unpaired) electrons. The molecule has 0 saturated carbocycles. The van der Waals surface area contributed by atoms with Crippen LogP contribution in [0.4, 0.5) is 5.95 Å². The number of nitrogen functional groups attached to an aromatic ring is 1. The third-order valence-electron chi connectivity index (χ3n) is 3.18. The van der Waals surface area contributed by atoms with Gasteiger partial charge in [0.25, 0.3) is 0 Å². The summed E-state index contributed by atoms with van der Waals surface area (Å²) in [5, 5.41) is 0.105. The molecule has 27 heavy (non-hydrogen) atoms. The quantitative estimate of drug-likeness (QED) is 0.308. The van der Waals surface area contributed by atoms with Crippen LogP contribution in [0.15, 0.2) is 6.33 Å². The lowest BCUT2D eigenvalue weighted by atomic mass is 10.5. The molecule has 152 valence electrons. The van der Waals surface area contributed by atoms with Crippen molar-refractivity contribution in [2.45, 2.75) is 52.2 Å². The van der Waals surface area contributed by atoms with Gasteiger partial charge in [-0.3, -0.25) is 4.57 Å². The molecule has 0 bridgehead atoms. The van der Waals surface area contributed by atoms with E-state index in [2.05, 4.69) is 15.0 Å². The van der Waals surface area contributed by atoms with E-state index in [0.29, 0.717) is 11.2 Å². The largest absolute Gasteiger partial charge is 0.415 e. The number of hydrogen-bond acceptors (Lipinski definition) is 8. The number of halogens is 1. The molecule has 2 heterocycles. The molecule has 0 amide bonds. The van der Waals surface area contributed by atoms with Gasteiger partial charge in [-0.1, -0.05) is 11.6 Å². The van der Waals surface area contributed by atoms with Gasteiger partial charge in [0, 0.05) is 6.54 Å². The topological polar surface area (TPSA) is 155 Å². The molecule has 4 N–H and O–H groups in total. The second-order valence-electron chi connectivity index (χ2n) is 6.23. The molecule has 2 aromatic heterocycles. The predicted molar refractivity (Wildman–Crippen MR) is 97.9 cm³/mol. The smallest absolute Gasteiger partial charge is 0.368 e. The molecule has 2 aromatic rings. The molecule has 0 aromatic carbocycles. The van der Waals surface area contributed by atoms with Gasteiger partial charge in [0.1, 0.15) is 5.52 Å². The van der Waals surface area contributed by atoms with E-state index in [1.165, 1.54) is 6.33 Å². The predicted octanol–water partition coefficient (Wildman–Crippen LogP) is 1.72. The minimum atomic E-state index is -4.94. The summed E-state index contributed by atoms with van der Waals surface area (Å²) >= 11 is 5.98. The van der Waals surface area contributed by atoms with E-state index in [9.17, 15) is 14.4 Å². The molecular weight excluding hydrogens is 401 g/mol. The number of imidazole rings is 1. The van der Waals surface area contributed by atoms with Gasteiger partial charge < -0.3 is 34.3 Å². The highest BCUT2D eigenvalue weighted by Gasteiger charge is 2.53. The molecule has 0 fully saturated rings. The van der Waals surface area contributed by atoms with Crippen LogP contribution in [0, 0.1) is 0 Å². The summed E-state index contributed by atoms with van der Waals surface area (Å²) in [6, 6.07) is 0. The molecule has 0 aliphatic rings. The van der Waals surface area contributed by atoms with Crippen LogP contribution < -0.4 is 5.73 Å². The summed E-state index contributed by atoms with van der Waals surface area (Å²) in [6.45, 7) is 6.42. The van der Waals surface area contributed by atoms with Crippen LogP contribution in [0.3, 0.4) is 0 Å². The number of aromatic nitrogens is 4. The molecule has 13 heteroatoms. The highest BCUT2D eigenvalue weighted by atomic mass is 35.5. The Bertz CT molecular complexity index is 829. The number of nitrogens with two attached hydrogens (primary N) is 1. The summed E-state index contributed by atoms with van der Waals surface area (Å²) in [6.07, 6.45) is 0.327. The zero-order valence-electron chi connectivity index (χ0n) is 15.4. The Hall–Kier alpha value is -1.33. The zero-order valence-corrected chi connectivity index (χ0v) is 17.0. The van der Waals surface area contributed by atoms with Crippen LogP contribution in [0.2, 0.25) is 5.15 Å². The SMILES string of the molecule is CC(C)OC(OCCn1cnc2c(Cl)nc(N)nc21)(OC(C)C)P(=O)(O)O. The fraction of sp³-hybridized carbons (Fsp3) is 0.643. The number of nitrogens with zero attached hydrogens (tertiary/aromatic N) is 4. The Morgan fingerprint density at radius 2 is 1.85 bits per heavy atom. The number of fused-ring (bicyclic) bond motifs is 1. The van der Waals surface area contributed by atoms with E-state index in [0.717, 1.165) is 0 Å². The van der Waals surface area contributed by atoms with E-state index in [-0.39, 0.29) is 24.3 Å². The second kappa shape index (κ2) is 8.36. The van der Waals surface area contributed by atoms with Crippen molar-refractivity contribution in [2.24, 2.45) is 0 Å². The van der Waals surface area contributed by atoms with Crippen molar-refractivity contribution >= 4 is 36.3 Å². The van der Waals surface area contributed by atoms with Gasteiger partial charge in [0.15, 0.2) is 10.8 Å². The minimum absolute atomic E-state index is 0.0222. The van der Waals surface area contributed by atoms with Crippen LogP contribution in [0.25, 0.3) is 11.2 Å². The zero-order chi connectivity index (χ0) is 20.4. The molecule has 0 unspecified atom stereocenters. The van der Waals surface area contributed by atoms with E-state index >= 15 is 0 Å². The van der Waals surface area contributed by atoms with Crippen LogP contribution in [-0.4, -0.2) is 53.8 Å². The summed E-state index contributed by atoms with van der Waals surface area (Å²) in [7, 11) is -4.94. The van der Waals surface area contributed by atoms with Gasteiger partial charge in [-0.25, -0.2) is 4.98 Å². The maximum atomic E-state index is 12.1. The van der Waals surface area contributed by atoms with Crippen LogP contribution in [0.1, 0.15) is 27.7 Å². The maximum absolute atomic E-state index is 12.1. The third-order valence-corrected chi connectivity index (χ3v) is 4.50. The van der Waals surface area contributed by atoms with Crippen molar-refractivity contribution in [1.82, 2.24) is 19.5 Å². The average molecular weight is 424 g/mol. The lowest BCUT2D eigenvalue weighted by molar-refractivity contribution is -0.355. The molecule has 0 saturated heterocycles. The van der Waals surface area contributed by atoms with Gasteiger partial charge in [0.2, 0.25) is 5.95 Å². The lowest BCUT2D eigenvalue weighted by Gasteiger charge is -2.35. The minimum Gasteiger partial charge on any atom is -0.368 e. The number of rotatable bonds is 9. The van der Waals surface area contributed by atoms with E-state index in [4.69, 9.17) is 31.5 Å². The first-order chi connectivity index (χ1) is 12.4. The lowest BCUT2D eigenvalue weighted by Crippen LogP contribution is -2.43. The van der Waals surface area contributed by atoms with Crippen molar-refractivity contribution in [3.05, 3.63) is 11.5 Å². The first-order valence-electron chi connectivity index (χ1n) is 8.14. The molecular formula is C14H23ClN5O6P. The fourth-order valence-electron chi connectivity index (χ4n) is 2.28. The molecule has 0 spiro atoms. The Morgan fingerprint density at radius 3 is 2.37 bits per heavy atom. The molecule has 0 aliphatic carbocycles. The van der Waals surface area contributed by atoms with Crippen molar-refractivity contribution in [2.75, 3.05) is 12.3 Å². The normalized spacial score (nSPS) is 13.2. The molecule has 11 nitrogen and oxygen atoms in total. The number of ether oxygens (including phenoxy) is 3. The molecule has 2 rings (SSSR count). The average Bonchev–Trinajstić information content (AvgIpc) is 2.88. The Kier molecular flexibility index (Phi) is 6.80. The van der Waals surface area contributed by atoms with Gasteiger partial charge >= 0.3 is 13.3 Å². The first-order valence-corrected chi connectivity index (χ1v) is 10.1. The van der Waals surface area contributed by atoms with E-state index in [1.807, 2.05) is 0 Å². The fourth-order valence-corrected chi connectivity index (χ4v) is 3.45. The molecule has 0 aliphatic heterocycles. The van der Waals surface area contributed by atoms with Gasteiger partial charge in [-0.15, -0.1) is 0 Å². The van der Waals surface area contributed by atoms with Crippen LogP contribution in [-0.2, 0) is 25.3 Å². The Morgan fingerprint density at radius 1 is 1.26 bits per heavy atom. The van der Waals surface area contributed by atoms with Crippen LogP contribution in [0.5, 0.6) is 0 Å². The van der Waals surface area contributed by atoms with Gasteiger partial charge in [-0.05, 0) is 27.7 Å². The highest BCUT2D eigenvalue weighted by molar-refractivity contribution is 7.52. The highest BCUT2D eigenvalue weighted by Crippen LogP contribution is 2.54. The van der Waals surface area contributed by atoms with Gasteiger partial charge in [-0.2, -0.15) is 9.97 Å². The van der Waals surface area contributed by atoms with Crippen molar-refractivity contribution in [1.29, 1.82) is 0 Å².